The van der Waals surface area contributed by atoms with Crippen molar-refractivity contribution in [2.24, 2.45) is 0 Å². The smallest absolute Gasteiger partial charge is 0.258 e. The van der Waals surface area contributed by atoms with Crippen LogP contribution in [0.3, 0.4) is 0 Å². The van der Waals surface area contributed by atoms with Gasteiger partial charge < -0.3 is 10.6 Å². The van der Waals surface area contributed by atoms with Crippen LogP contribution >= 0.6 is 0 Å². The van der Waals surface area contributed by atoms with Crippen molar-refractivity contribution < 1.29 is 4.79 Å². The van der Waals surface area contributed by atoms with Crippen LogP contribution in [0.2, 0.25) is 0 Å². The second kappa shape index (κ2) is 7.45. The maximum Gasteiger partial charge on any atom is 0.258 e. The lowest BCUT2D eigenvalue weighted by Gasteiger charge is -2.08. The number of hydrogen-bond acceptors (Lipinski definition) is 5. The fraction of sp³-hybridized carbons (Fsp3) is 0.100. The van der Waals surface area contributed by atoms with Gasteiger partial charge in [-0.3, -0.25) is 4.79 Å². The number of benzene rings is 2. The van der Waals surface area contributed by atoms with Crippen LogP contribution in [0.25, 0.3) is 0 Å². The number of anilines is 3. The molecule has 0 bridgehead atoms. The average molecular weight is 343 g/mol. The molecule has 128 valence electrons. The van der Waals surface area contributed by atoms with Crippen molar-refractivity contribution in [1.82, 2.24) is 9.97 Å². The van der Waals surface area contributed by atoms with E-state index in [4.69, 9.17) is 5.26 Å². The van der Waals surface area contributed by atoms with Gasteiger partial charge >= 0.3 is 0 Å². The summed E-state index contributed by atoms with van der Waals surface area (Å²) in [6.07, 6.45) is 2.94. The number of aryl methyl sites for hydroxylation is 2. The van der Waals surface area contributed by atoms with E-state index in [1.54, 1.807) is 24.3 Å². The van der Waals surface area contributed by atoms with E-state index in [0.717, 1.165) is 16.9 Å². The molecule has 0 saturated heterocycles. The molecule has 6 nitrogen and oxygen atoms in total. The molecule has 0 aliphatic heterocycles. The summed E-state index contributed by atoms with van der Waals surface area (Å²) in [5.74, 6) is 0.107. The van der Waals surface area contributed by atoms with Crippen LogP contribution in [0.15, 0.2) is 54.9 Å². The summed E-state index contributed by atoms with van der Waals surface area (Å²) >= 11 is 0. The zero-order valence-corrected chi connectivity index (χ0v) is 14.4. The molecule has 0 spiro atoms. The maximum atomic E-state index is 12.3. The lowest BCUT2D eigenvalue weighted by Crippen LogP contribution is -2.13. The lowest BCUT2D eigenvalue weighted by molar-refractivity contribution is 0.102. The topological polar surface area (TPSA) is 90.7 Å². The van der Waals surface area contributed by atoms with Gasteiger partial charge in [0.15, 0.2) is 0 Å². The highest BCUT2D eigenvalue weighted by atomic mass is 16.1. The van der Waals surface area contributed by atoms with E-state index in [-0.39, 0.29) is 5.91 Å². The number of aromatic nitrogens is 2. The minimum absolute atomic E-state index is 0.266. The van der Waals surface area contributed by atoms with Crippen molar-refractivity contribution in [2.75, 3.05) is 10.6 Å². The molecule has 6 heteroatoms. The summed E-state index contributed by atoms with van der Waals surface area (Å²) in [5, 5.41) is 14.7. The maximum absolute atomic E-state index is 12.3. The summed E-state index contributed by atoms with van der Waals surface area (Å²) in [5.41, 5.74) is 4.73. The van der Waals surface area contributed by atoms with E-state index >= 15 is 0 Å². The average Bonchev–Trinajstić information content (AvgIpc) is 2.66. The predicted octanol–water partition coefficient (Wildman–Crippen LogP) is 3.96. The van der Waals surface area contributed by atoms with E-state index < -0.39 is 0 Å². The normalized spacial score (nSPS) is 10.0. The molecule has 2 N–H and O–H groups in total. The fourth-order valence-corrected chi connectivity index (χ4v) is 2.29. The van der Waals surface area contributed by atoms with Crippen LogP contribution in [0.4, 0.5) is 17.3 Å². The molecule has 3 rings (SSSR count). The fourth-order valence-electron chi connectivity index (χ4n) is 2.29. The predicted molar refractivity (Wildman–Crippen MR) is 100 cm³/mol. The number of carbonyl (C=O) groups excluding carboxylic acids is 1. The molecule has 1 heterocycles. The van der Waals surface area contributed by atoms with Gasteiger partial charge in [-0.1, -0.05) is 6.07 Å². The molecule has 0 aliphatic rings. The molecule has 0 fully saturated rings. The second-order valence-electron chi connectivity index (χ2n) is 5.86. The van der Waals surface area contributed by atoms with Gasteiger partial charge in [-0.15, -0.1) is 0 Å². The quantitative estimate of drug-likeness (QED) is 0.748. The first-order valence-electron chi connectivity index (χ1n) is 8.03. The monoisotopic (exact) mass is 343 g/mol. The SMILES string of the molecule is Cc1ccc(NC(=O)c2cnc(Nc3ccc(C#N)cc3)nc2)cc1C. The Hall–Kier alpha value is -3.72. The van der Waals surface area contributed by atoms with Crippen molar-refractivity contribution in [1.29, 1.82) is 5.26 Å². The summed E-state index contributed by atoms with van der Waals surface area (Å²) < 4.78 is 0. The van der Waals surface area contributed by atoms with Gasteiger partial charge in [-0.2, -0.15) is 5.26 Å². The van der Waals surface area contributed by atoms with E-state index in [0.29, 0.717) is 17.1 Å². The molecule has 0 saturated carbocycles. The second-order valence-corrected chi connectivity index (χ2v) is 5.86. The molecular formula is C20H17N5O. The Bertz CT molecular complexity index is 973. The van der Waals surface area contributed by atoms with Crippen molar-refractivity contribution in [3.8, 4) is 6.07 Å². The molecule has 1 aromatic heterocycles. The van der Waals surface area contributed by atoms with Gasteiger partial charge in [-0.05, 0) is 61.4 Å². The van der Waals surface area contributed by atoms with Gasteiger partial charge in [0.25, 0.3) is 5.91 Å². The van der Waals surface area contributed by atoms with Gasteiger partial charge in [-0.25, -0.2) is 9.97 Å². The van der Waals surface area contributed by atoms with E-state index in [2.05, 4.69) is 26.7 Å². The molecule has 0 aliphatic carbocycles. The molecule has 2 aromatic carbocycles. The number of rotatable bonds is 4. The lowest BCUT2D eigenvalue weighted by atomic mass is 10.1. The molecule has 0 unspecified atom stereocenters. The van der Waals surface area contributed by atoms with E-state index in [1.165, 1.54) is 18.0 Å². The van der Waals surface area contributed by atoms with Gasteiger partial charge in [0.1, 0.15) is 0 Å². The van der Waals surface area contributed by atoms with Crippen LogP contribution in [-0.4, -0.2) is 15.9 Å². The van der Waals surface area contributed by atoms with Gasteiger partial charge in [0, 0.05) is 23.8 Å². The minimum Gasteiger partial charge on any atom is -0.324 e. The Labute approximate surface area is 151 Å². The molecule has 3 aromatic rings. The van der Waals surface area contributed by atoms with Crippen LogP contribution in [0, 0.1) is 25.2 Å². The number of nitriles is 1. The number of amides is 1. The number of hydrogen-bond donors (Lipinski definition) is 2. The Kier molecular flexibility index (Phi) is 4.90. The Morgan fingerprint density at radius 1 is 0.962 bits per heavy atom. The standard InChI is InChI=1S/C20H17N5O/c1-13-3-6-18(9-14(13)2)24-19(26)16-11-22-20(23-12-16)25-17-7-4-15(10-21)5-8-17/h3-9,11-12H,1-2H3,(H,24,26)(H,22,23,25). The zero-order chi connectivity index (χ0) is 18.5. The highest BCUT2D eigenvalue weighted by Crippen LogP contribution is 2.16. The van der Waals surface area contributed by atoms with Crippen LogP contribution in [-0.2, 0) is 0 Å². The zero-order valence-electron chi connectivity index (χ0n) is 14.4. The largest absolute Gasteiger partial charge is 0.324 e. The summed E-state index contributed by atoms with van der Waals surface area (Å²) in [6.45, 7) is 4.02. The van der Waals surface area contributed by atoms with Crippen molar-refractivity contribution in [2.45, 2.75) is 13.8 Å². The molecule has 0 atom stereocenters. The van der Waals surface area contributed by atoms with E-state index in [9.17, 15) is 4.79 Å². The summed E-state index contributed by atoms with van der Waals surface area (Å²) in [4.78, 5) is 20.6. The Morgan fingerprint density at radius 2 is 1.62 bits per heavy atom. The van der Waals surface area contributed by atoms with Crippen molar-refractivity contribution in [3.63, 3.8) is 0 Å². The van der Waals surface area contributed by atoms with Gasteiger partial charge in [0.2, 0.25) is 5.95 Å². The number of carbonyl (C=O) groups is 1. The Balaban J connectivity index is 1.67. The highest BCUT2D eigenvalue weighted by molar-refractivity contribution is 6.03. The molecule has 26 heavy (non-hydrogen) atoms. The number of nitrogens with one attached hydrogen (secondary N) is 2. The van der Waals surface area contributed by atoms with Crippen LogP contribution in [0.5, 0.6) is 0 Å². The highest BCUT2D eigenvalue weighted by Gasteiger charge is 2.08. The van der Waals surface area contributed by atoms with Gasteiger partial charge in [0.05, 0.1) is 17.2 Å². The third-order valence-corrected chi connectivity index (χ3v) is 3.95. The summed E-state index contributed by atoms with van der Waals surface area (Å²) in [7, 11) is 0. The van der Waals surface area contributed by atoms with Crippen molar-refractivity contribution in [3.05, 3.63) is 77.1 Å². The molecule has 0 radical (unpaired) electrons. The third-order valence-electron chi connectivity index (χ3n) is 3.95. The van der Waals surface area contributed by atoms with Crippen LogP contribution < -0.4 is 10.6 Å². The first-order valence-corrected chi connectivity index (χ1v) is 8.03. The van der Waals surface area contributed by atoms with Crippen LogP contribution in [0.1, 0.15) is 27.0 Å². The Morgan fingerprint density at radius 3 is 2.23 bits per heavy atom. The molecule has 1 amide bonds. The minimum atomic E-state index is -0.266. The first kappa shape index (κ1) is 17.1. The summed E-state index contributed by atoms with van der Waals surface area (Å²) in [6, 6.07) is 14.8. The third kappa shape index (κ3) is 4.02. The first-order chi connectivity index (χ1) is 12.5. The number of nitrogens with zero attached hydrogens (tertiary/aromatic N) is 3. The van der Waals surface area contributed by atoms with E-state index in [1.807, 2.05) is 32.0 Å². The van der Waals surface area contributed by atoms with Crippen molar-refractivity contribution >= 4 is 23.2 Å². The molecular weight excluding hydrogens is 326 g/mol.